The molecule has 0 radical (unpaired) electrons. The van der Waals surface area contributed by atoms with Crippen molar-refractivity contribution in [3.05, 3.63) is 0 Å². The first-order valence-electron chi connectivity index (χ1n) is 7.54. The zero-order valence-electron chi connectivity index (χ0n) is 11.9. The van der Waals surface area contributed by atoms with Crippen LogP contribution in [0.25, 0.3) is 0 Å². The van der Waals surface area contributed by atoms with Gasteiger partial charge in [-0.1, -0.05) is 13.8 Å². The van der Waals surface area contributed by atoms with Crippen molar-refractivity contribution < 1.29 is 0 Å². The van der Waals surface area contributed by atoms with Crippen LogP contribution in [0.5, 0.6) is 0 Å². The number of nitrogens with two attached hydrogens (primary N) is 1. The first kappa shape index (κ1) is 13.4. The van der Waals surface area contributed by atoms with Crippen LogP contribution in [-0.2, 0) is 0 Å². The lowest BCUT2D eigenvalue weighted by Crippen LogP contribution is -2.61. The third-order valence-corrected chi connectivity index (χ3v) is 5.31. The zero-order valence-corrected chi connectivity index (χ0v) is 11.9. The fourth-order valence-electron chi connectivity index (χ4n) is 3.86. The molecule has 0 bridgehead atoms. The Morgan fingerprint density at radius 1 is 1.00 bits per heavy atom. The molecule has 100 valence electrons. The largest absolute Gasteiger partial charge is 0.329 e. The topological polar surface area (TPSA) is 29.3 Å². The average molecular weight is 238 g/mol. The standard InChI is InChI=1S/C15H30N2/c1-12-6-8-15(11-16,9-7-12)17-10-13(2)4-5-14(17)3/h12-14H,4-11,16H2,1-3H3. The normalized spacial score (nSPS) is 44.8. The molecule has 2 heteroatoms. The molecule has 0 amide bonds. The minimum atomic E-state index is 0.334. The van der Waals surface area contributed by atoms with Gasteiger partial charge in [-0.15, -0.1) is 0 Å². The summed E-state index contributed by atoms with van der Waals surface area (Å²) in [5, 5.41) is 0. The van der Waals surface area contributed by atoms with Crippen molar-refractivity contribution in [2.75, 3.05) is 13.1 Å². The van der Waals surface area contributed by atoms with Gasteiger partial charge in [-0.25, -0.2) is 0 Å². The molecule has 2 nitrogen and oxygen atoms in total. The first-order valence-corrected chi connectivity index (χ1v) is 7.54. The Morgan fingerprint density at radius 2 is 1.65 bits per heavy atom. The number of rotatable bonds is 2. The van der Waals surface area contributed by atoms with Gasteiger partial charge in [0.15, 0.2) is 0 Å². The summed E-state index contributed by atoms with van der Waals surface area (Å²) in [6, 6.07) is 0.739. The molecule has 2 atom stereocenters. The van der Waals surface area contributed by atoms with Crippen molar-refractivity contribution in [1.82, 2.24) is 4.90 Å². The van der Waals surface area contributed by atoms with E-state index in [1.54, 1.807) is 0 Å². The van der Waals surface area contributed by atoms with E-state index >= 15 is 0 Å². The average Bonchev–Trinajstić information content (AvgIpc) is 2.34. The lowest BCUT2D eigenvalue weighted by Gasteiger charge is -2.53. The maximum Gasteiger partial charge on any atom is 0.0334 e. The van der Waals surface area contributed by atoms with Crippen LogP contribution in [0.15, 0.2) is 0 Å². The molecule has 2 rings (SSSR count). The van der Waals surface area contributed by atoms with Gasteiger partial charge in [-0.05, 0) is 57.3 Å². The Hall–Kier alpha value is -0.0800. The van der Waals surface area contributed by atoms with Gasteiger partial charge in [0, 0.05) is 24.7 Å². The molecule has 0 spiro atoms. The van der Waals surface area contributed by atoms with Gasteiger partial charge in [-0.2, -0.15) is 0 Å². The fourth-order valence-corrected chi connectivity index (χ4v) is 3.86. The highest BCUT2D eigenvalue weighted by Crippen LogP contribution is 2.39. The number of hydrogen-bond acceptors (Lipinski definition) is 2. The molecule has 1 aliphatic heterocycles. The van der Waals surface area contributed by atoms with Crippen molar-refractivity contribution in [1.29, 1.82) is 0 Å². The summed E-state index contributed by atoms with van der Waals surface area (Å²) < 4.78 is 0. The van der Waals surface area contributed by atoms with Crippen molar-refractivity contribution in [3.8, 4) is 0 Å². The number of piperidine rings is 1. The van der Waals surface area contributed by atoms with E-state index in [4.69, 9.17) is 5.73 Å². The lowest BCUT2D eigenvalue weighted by molar-refractivity contribution is -0.0192. The summed E-state index contributed by atoms with van der Waals surface area (Å²) in [7, 11) is 0. The van der Waals surface area contributed by atoms with Gasteiger partial charge in [0.2, 0.25) is 0 Å². The molecular formula is C15H30N2. The van der Waals surface area contributed by atoms with Crippen molar-refractivity contribution in [2.24, 2.45) is 17.6 Å². The van der Waals surface area contributed by atoms with Crippen LogP contribution in [0.2, 0.25) is 0 Å². The molecule has 1 aliphatic carbocycles. The first-order chi connectivity index (χ1) is 8.07. The maximum absolute atomic E-state index is 6.18. The van der Waals surface area contributed by atoms with Crippen molar-refractivity contribution in [3.63, 3.8) is 0 Å². The molecule has 1 saturated heterocycles. The van der Waals surface area contributed by atoms with Crippen LogP contribution in [-0.4, -0.2) is 29.6 Å². The maximum atomic E-state index is 6.18. The second kappa shape index (κ2) is 5.27. The second-order valence-electron chi connectivity index (χ2n) is 6.79. The van der Waals surface area contributed by atoms with Gasteiger partial charge in [0.05, 0.1) is 0 Å². The van der Waals surface area contributed by atoms with E-state index in [1.807, 2.05) is 0 Å². The summed E-state index contributed by atoms with van der Waals surface area (Å²) in [4.78, 5) is 2.77. The second-order valence-corrected chi connectivity index (χ2v) is 6.79. The molecule has 2 aliphatic rings. The van der Waals surface area contributed by atoms with Crippen LogP contribution in [0.1, 0.15) is 59.3 Å². The predicted molar refractivity (Wildman–Crippen MR) is 74.0 cm³/mol. The summed E-state index contributed by atoms with van der Waals surface area (Å²) in [5.74, 6) is 1.76. The smallest absolute Gasteiger partial charge is 0.0334 e. The SMILES string of the molecule is CC1CCC(CN)(N2CC(C)CCC2C)CC1. The fraction of sp³-hybridized carbons (Fsp3) is 1.00. The molecule has 0 aromatic carbocycles. The predicted octanol–water partition coefficient (Wildman–Crippen LogP) is 3.01. The van der Waals surface area contributed by atoms with E-state index in [1.165, 1.54) is 45.1 Å². The van der Waals surface area contributed by atoms with Crippen LogP contribution >= 0.6 is 0 Å². The monoisotopic (exact) mass is 238 g/mol. The molecule has 0 aromatic heterocycles. The van der Waals surface area contributed by atoms with Crippen molar-refractivity contribution >= 4 is 0 Å². The minimum absolute atomic E-state index is 0.334. The van der Waals surface area contributed by atoms with E-state index in [0.717, 1.165) is 24.4 Å². The summed E-state index contributed by atoms with van der Waals surface area (Å²) in [6.07, 6.45) is 8.14. The highest BCUT2D eigenvalue weighted by atomic mass is 15.2. The Labute approximate surface area is 107 Å². The van der Waals surface area contributed by atoms with E-state index in [9.17, 15) is 0 Å². The molecule has 0 aromatic rings. The van der Waals surface area contributed by atoms with Crippen LogP contribution in [0, 0.1) is 11.8 Å². The molecule has 2 N–H and O–H groups in total. The third kappa shape index (κ3) is 2.68. The van der Waals surface area contributed by atoms with E-state index in [2.05, 4.69) is 25.7 Å². The zero-order chi connectivity index (χ0) is 12.5. The van der Waals surface area contributed by atoms with Crippen molar-refractivity contribution in [2.45, 2.75) is 70.9 Å². The number of hydrogen-bond donors (Lipinski definition) is 1. The Balaban J connectivity index is 2.10. The highest BCUT2D eigenvalue weighted by Gasteiger charge is 2.42. The van der Waals surface area contributed by atoms with Crippen LogP contribution in [0.4, 0.5) is 0 Å². The highest BCUT2D eigenvalue weighted by molar-refractivity contribution is 4.99. The Bertz CT molecular complexity index is 243. The quantitative estimate of drug-likeness (QED) is 0.801. The van der Waals surface area contributed by atoms with E-state index < -0.39 is 0 Å². The molecule has 1 saturated carbocycles. The molecule has 2 fully saturated rings. The minimum Gasteiger partial charge on any atom is -0.329 e. The van der Waals surface area contributed by atoms with Gasteiger partial charge < -0.3 is 5.73 Å². The van der Waals surface area contributed by atoms with Gasteiger partial charge >= 0.3 is 0 Å². The Kier molecular flexibility index (Phi) is 4.14. The third-order valence-electron chi connectivity index (χ3n) is 5.31. The number of likely N-dealkylation sites (tertiary alicyclic amines) is 1. The van der Waals surface area contributed by atoms with Crippen LogP contribution < -0.4 is 5.73 Å². The van der Waals surface area contributed by atoms with E-state index in [0.29, 0.717) is 5.54 Å². The van der Waals surface area contributed by atoms with Crippen LogP contribution in [0.3, 0.4) is 0 Å². The summed E-state index contributed by atoms with van der Waals surface area (Å²) in [6.45, 7) is 9.32. The summed E-state index contributed by atoms with van der Waals surface area (Å²) >= 11 is 0. The van der Waals surface area contributed by atoms with E-state index in [-0.39, 0.29) is 0 Å². The van der Waals surface area contributed by atoms with Gasteiger partial charge in [0.1, 0.15) is 0 Å². The lowest BCUT2D eigenvalue weighted by atomic mass is 9.74. The van der Waals surface area contributed by atoms with Gasteiger partial charge in [0.25, 0.3) is 0 Å². The Morgan fingerprint density at radius 3 is 2.24 bits per heavy atom. The van der Waals surface area contributed by atoms with Gasteiger partial charge in [-0.3, -0.25) is 4.90 Å². The summed E-state index contributed by atoms with van der Waals surface area (Å²) in [5.41, 5.74) is 6.51. The molecule has 17 heavy (non-hydrogen) atoms. The molecule has 2 unspecified atom stereocenters. The number of nitrogens with zero attached hydrogens (tertiary/aromatic N) is 1. The molecular weight excluding hydrogens is 208 g/mol. The molecule has 1 heterocycles.